The van der Waals surface area contributed by atoms with Crippen LogP contribution in [0.5, 0.6) is 0 Å². The van der Waals surface area contributed by atoms with E-state index in [1.165, 1.54) is 0 Å². The molecule has 0 radical (unpaired) electrons. The summed E-state index contributed by atoms with van der Waals surface area (Å²) in [6.45, 7) is 5.78. The molecule has 2 aromatic rings. The van der Waals surface area contributed by atoms with E-state index in [1.54, 1.807) is 11.6 Å². The number of carbonyl (C=O) groups is 2. The van der Waals surface area contributed by atoms with Gasteiger partial charge in [0.15, 0.2) is 6.04 Å². The van der Waals surface area contributed by atoms with Gasteiger partial charge in [0.1, 0.15) is 0 Å². The van der Waals surface area contributed by atoms with Gasteiger partial charge < -0.3 is 10.1 Å². The van der Waals surface area contributed by atoms with Crippen LogP contribution in [0, 0.1) is 19.8 Å². The predicted molar refractivity (Wildman–Crippen MR) is 97.9 cm³/mol. The number of hydrogen-bond acceptors (Lipinski definition) is 4. The Bertz CT molecular complexity index is 794. The minimum atomic E-state index is -0.833. The lowest BCUT2D eigenvalue weighted by Gasteiger charge is -2.27. The van der Waals surface area contributed by atoms with Crippen LogP contribution in [0.3, 0.4) is 0 Å². The van der Waals surface area contributed by atoms with Crippen molar-refractivity contribution >= 4 is 11.9 Å². The van der Waals surface area contributed by atoms with E-state index >= 15 is 0 Å². The lowest BCUT2D eigenvalue weighted by molar-refractivity contribution is -0.148. The Balaban J connectivity index is 1.96. The third-order valence-corrected chi connectivity index (χ3v) is 4.92. The van der Waals surface area contributed by atoms with Crippen LogP contribution in [0.1, 0.15) is 49.2 Å². The van der Waals surface area contributed by atoms with Gasteiger partial charge in [0, 0.05) is 17.2 Å². The zero-order valence-electron chi connectivity index (χ0n) is 15.5. The van der Waals surface area contributed by atoms with Crippen LogP contribution in [0.2, 0.25) is 0 Å². The second-order valence-corrected chi connectivity index (χ2v) is 6.65. The summed E-state index contributed by atoms with van der Waals surface area (Å²) in [5, 5.41) is 7.49. The van der Waals surface area contributed by atoms with Gasteiger partial charge in [0.25, 0.3) is 0 Å². The maximum absolute atomic E-state index is 12.6. The largest absolute Gasteiger partial charge is 0.464 e. The van der Waals surface area contributed by atoms with E-state index in [2.05, 4.69) is 10.4 Å². The normalized spacial score (nSPS) is 15.2. The van der Waals surface area contributed by atoms with Gasteiger partial charge >= 0.3 is 5.97 Å². The van der Waals surface area contributed by atoms with Gasteiger partial charge in [-0.2, -0.15) is 5.10 Å². The van der Waals surface area contributed by atoms with E-state index < -0.39 is 12.0 Å². The number of carbonyl (C=O) groups excluding carboxylic acids is 2. The van der Waals surface area contributed by atoms with Crippen molar-refractivity contribution in [3.05, 3.63) is 47.3 Å². The standard InChI is InChI=1S/C20H25N3O3/c1-4-26-20(25)18(21-19(24)15-9-8-10-15)17-13(2)22-23(14(17)3)16-11-6-5-7-12-16/h5-7,11-12,15,18H,4,8-10H2,1-3H3,(H,21,24)/t18-/m0/s1. The number of benzene rings is 1. The van der Waals surface area contributed by atoms with Crippen molar-refractivity contribution in [1.82, 2.24) is 15.1 Å². The van der Waals surface area contributed by atoms with Gasteiger partial charge in [0.2, 0.25) is 5.91 Å². The minimum absolute atomic E-state index is 0.00305. The topological polar surface area (TPSA) is 73.2 Å². The molecule has 0 saturated heterocycles. The lowest BCUT2D eigenvalue weighted by Crippen LogP contribution is -2.41. The molecular weight excluding hydrogens is 330 g/mol. The van der Waals surface area contributed by atoms with Gasteiger partial charge in [-0.3, -0.25) is 4.79 Å². The molecule has 0 bridgehead atoms. The Morgan fingerprint density at radius 1 is 1.27 bits per heavy atom. The number of nitrogens with zero attached hydrogens (tertiary/aromatic N) is 2. The van der Waals surface area contributed by atoms with Crippen molar-refractivity contribution in [2.45, 2.75) is 46.1 Å². The summed E-state index contributed by atoms with van der Waals surface area (Å²) >= 11 is 0. The average Bonchev–Trinajstić information content (AvgIpc) is 2.87. The maximum Gasteiger partial charge on any atom is 0.333 e. The molecule has 0 aliphatic heterocycles. The number of aromatic nitrogens is 2. The predicted octanol–water partition coefficient (Wildman–Crippen LogP) is 3.01. The van der Waals surface area contributed by atoms with E-state index in [9.17, 15) is 9.59 Å². The van der Waals surface area contributed by atoms with Crippen LogP contribution < -0.4 is 5.32 Å². The molecular formula is C20H25N3O3. The highest BCUT2D eigenvalue weighted by Gasteiger charge is 2.34. The number of rotatable bonds is 6. The Morgan fingerprint density at radius 2 is 1.96 bits per heavy atom. The van der Waals surface area contributed by atoms with Crippen molar-refractivity contribution < 1.29 is 14.3 Å². The smallest absolute Gasteiger partial charge is 0.333 e. The number of para-hydroxylation sites is 1. The summed E-state index contributed by atoms with van der Waals surface area (Å²) < 4.78 is 7.02. The Kier molecular flexibility index (Phi) is 5.40. The van der Waals surface area contributed by atoms with Crippen LogP contribution >= 0.6 is 0 Å². The molecule has 1 aliphatic carbocycles. The summed E-state index contributed by atoms with van der Waals surface area (Å²) in [5.74, 6) is -0.531. The summed E-state index contributed by atoms with van der Waals surface area (Å²) in [6, 6.07) is 8.89. The first-order valence-electron chi connectivity index (χ1n) is 9.11. The first-order chi connectivity index (χ1) is 12.5. The van der Waals surface area contributed by atoms with Crippen molar-refractivity contribution in [2.75, 3.05) is 6.61 Å². The van der Waals surface area contributed by atoms with Gasteiger partial charge in [-0.05, 0) is 45.7 Å². The van der Waals surface area contributed by atoms with Crippen molar-refractivity contribution in [3.63, 3.8) is 0 Å². The Morgan fingerprint density at radius 3 is 2.54 bits per heavy atom. The quantitative estimate of drug-likeness (QED) is 0.809. The zero-order valence-corrected chi connectivity index (χ0v) is 15.5. The molecule has 1 fully saturated rings. The second-order valence-electron chi connectivity index (χ2n) is 6.65. The van der Waals surface area contributed by atoms with Crippen molar-refractivity contribution in [1.29, 1.82) is 0 Å². The molecule has 0 spiro atoms. The monoisotopic (exact) mass is 355 g/mol. The molecule has 1 aliphatic rings. The van der Waals surface area contributed by atoms with Crippen LogP contribution in [-0.4, -0.2) is 28.3 Å². The van der Waals surface area contributed by atoms with Crippen LogP contribution in [0.4, 0.5) is 0 Å². The molecule has 1 atom stereocenters. The number of esters is 1. The third-order valence-electron chi connectivity index (χ3n) is 4.92. The summed E-state index contributed by atoms with van der Waals surface area (Å²) in [4.78, 5) is 25.1. The van der Waals surface area contributed by atoms with Crippen LogP contribution in [0.15, 0.2) is 30.3 Å². The number of ether oxygens (including phenoxy) is 1. The van der Waals surface area contributed by atoms with E-state index in [0.29, 0.717) is 11.3 Å². The maximum atomic E-state index is 12.6. The number of aryl methyl sites for hydroxylation is 1. The zero-order chi connectivity index (χ0) is 18.7. The van der Waals surface area contributed by atoms with E-state index in [1.807, 2.05) is 44.2 Å². The second kappa shape index (κ2) is 7.72. The highest BCUT2D eigenvalue weighted by Crippen LogP contribution is 2.29. The molecule has 138 valence electrons. The number of amides is 1. The summed E-state index contributed by atoms with van der Waals surface area (Å²) in [6.07, 6.45) is 2.82. The SMILES string of the molecule is CCOC(=O)[C@@H](NC(=O)C1CCC1)c1c(C)nn(-c2ccccc2)c1C. The molecule has 0 unspecified atom stereocenters. The van der Waals surface area contributed by atoms with Crippen LogP contribution in [0.25, 0.3) is 5.69 Å². The summed E-state index contributed by atoms with van der Waals surface area (Å²) in [5.41, 5.74) is 3.14. The van der Waals surface area contributed by atoms with E-state index in [4.69, 9.17) is 4.74 Å². The van der Waals surface area contributed by atoms with Gasteiger partial charge in [-0.15, -0.1) is 0 Å². The summed E-state index contributed by atoms with van der Waals surface area (Å²) in [7, 11) is 0. The first-order valence-corrected chi connectivity index (χ1v) is 9.11. The molecule has 1 N–H and O–H groups in total. The van der Waals surface area contributed by atoms with Gasteiger partial charge in [-0.1, -0.05) is 24.6 Å². The van der Waals surface area contributed by atoms with Gasteiger partial charge in [-0.25, -0.2) is 9.48 Å². The molecule has 1 aromatic carbocycles. The highest BCUT2D eigenvalue weighted by molar-refractivity contribution is 5.87. The average molecular weight is 355 g/mol. The molecule has 6 heteroatoms. The molecule has 3 rings (SSSR count). The molecule has 1 aromatic heterocycles. The Labute approximate surface area is 153 Å². The fraction of sp³-hybridized carbons (Fsp3) is 0.450. The molecule has 26 heavy (non-hydrogen) atoms. The first kappa shape index (κ1) is 18.2. The van der Waals surface area contributed by atoms with Crippen molar-refractivity contribution in [3.8, 4) is 5.69 Å². The molecule has 1 saturated carbocycles. The van der Waals surface area contributed by atoms with Gasteiger partial charge in [0.05, 0.1) is 18.0 Å². The van der Waals surface area contributed by atoms with E-state index in [0.717, 1.165) is 30.6 Å². The van der Waals surface area contributed by atoms with Crippen molar-refractivity contribution in [2.24, 2.45) is 5.92 Å². The van der Waals surface area contributed by atoms with E-state index in [-0.39, 0.29) is 18.4 Å². The number of nitrogens with one attached hydrogen (secondary N) is 1. The fourth-order valence-electron chi connectivity index (χ4n) is 3.30. The lowest BCUT2D eigenvalue weighted by atomic mass is 9.84. The third kappa shape index (κ3) is 3.49. The minimum Gasteiger partial charge on any atom is -0.464 e. The fourth-order valence-corrected chi connectivity index (χ4v) is 3.30. The Hall–Kier alpha value is -2.63. The number of hydrogen-bond donors (Lipinski definition) is 1. The molecule has 6 nitrogen and oxygen atoms in total. The van der Waals surface area contributed by atoms with Crippen LogP contribution in [-0.2, 0) is 14.3 Å². The molecule has 1 heterocycles. The molecule has 1 amide bonds. The highest BCUT2D eigenvalue weighted by atomic mass is 16.5.